The molecule has 1 heteroatoms. The predicted molar refractivity (Wildman–Crippen MR) is 53.2 cm³/mol. The van der Waals surface area contributed by atoms with Gasteiger partial charge in [0.2, 0.25) is 0 Å². The van der Waals surface area contributed by atoms with Gasteiger partial charge in [-0.1, -0.05) is 30.0 Å². The van der Waals surface area contributed by atoms with E-state index in [-0.39, 0.29) is 11.7 Å². The maximum Gasteiger partial charge on any atom is 0.144 e. The third-order valence-electron chi connectivity index (χ3n) is 1.82. The Kier molecular flexibility index (Phi) is 3.28. The molecule has 0 spiro atoms. The number of Topliss-reactive ketones (excluding diaryl/α,β-unsaturated/α-hetero) is 1. The van der Waals surface area contributed by atoms with Crippen LogP contribution >= 0.6 is 0 Å². The normalized spacial score (nSPS) is 11.2. The lowest BCUT2D eigenvalue weighted by Crippen LogP contribution is -2.02. The molecule has 0 fully saturated rings. The summed E-state index contributed by atoms with van der Waals surface area (Å²) in [6.45, 7) is 3.38. The summed E-state index contributed by atoms with van der Waals surface area (Å²) < 4.78 is 0. The molecule has 0 bridgehead atoms. The van der Waals surface area contributed by atoms with E-state index in [0.717, 1.165) is 5.56 Å². The van der Waals surface area contributed by atoms with Crippen molar-refractivity contribution in [3.05, 3.63) is 35.9 Å². The summed E-state index contributed by atoms with van der Waals surface area (Å²) in [6.07, 6.45) is 0. The van der Waals surface area contributed by atoms with Crippen molar-refractivity contribution < 1.29 is 4.79 Å². The summed E-state index contributed by atoms with van der Waals surface area (Å²) in [5.74, 6) is 5.80. The van der Waals surface area contributed by atoms with Crippen LogP contribution in [0.1, 0.15) is 19.4 Å². The number of carbonyl (C=O) groups excluding carboxylic acids is 1. The Morgan fingerprint density at radius 3 is 2.46 bits per heavy atom. The SMILES string of the molecule is CC(=O)C(C)C#Cc1ccccc1. The zero-order chi connectivity index (χ0) is 9.68. The summed E-state index contributed by atoms with van der Waals surface area (Å²) in [4.78, 5) is 10.9. The van der Waals surface area contributed by atoms with Gasteiger partial charge in [0.15, 0.2) is 0 Å². The minimum atomic E-state index is -0.166. The summed E-state index contributed by atoms with van der Waals surface area (Å²) in [6, 6.07) is 9.67. The number of rotatable bonds is 1. The van der Waals surface area contributed by atoms with E-state index in [4.69, 9.17) is 0 Å². The molecule has 66 valence electrons. The number of benzene rings is 1. The minimum absolute atomic E-state index is 0.114. The van der Waals surface area contributed by atoms with Gasteiger partial charge in [-0.05, 0) is 26.0 Å². The molecule has 0 saturated carbocycles. The van der Waals surface area contributed by atoms with Crippen LogP contribution in [0.25, 0.3) is 0 Å². The van der Waals surface area contributed by atoms with Crippen LogP contribution < -0.4 is 0 Å². The van der Waals surface area contributed by atoms with Crippen LogP contribution in [0.15, 0.2) is 30.3 Å². The molecule has 1 rings (SSSR count). The van der Waals surface area contributed by atoms with E-state index in [0.29, 0.717) is 0 Å². The Balaban J connectivity index is 2.73. The van der Waals surface area contributed by atoms with Gasteiger partial charge in [0, 0.05) is 5.56 Å². The van der Waals surface area contributed by atoms with Gasteiger partial charge < -0.3 is 0 Å². The topological polar surface area (TPSA) is 17.1 Å². The molecule has 1 aromatic rings. The van der Waals surface area contributed by atoms with E-state index < -0.39 is 0 Å². The highest BCUT2D eigenvalue weighted by atomic mass is 16.1. The van der Waals surface area contributed by atoms with Crippen molar-refractivity contribution in [2.24, 2.45) is 5.92 Å². The number of ketones is 1. The first-order chi connectivity index (χ1) is 6.20. The van der Waals surface area contributed by atoms with Gasteiger partial charge in [0.25, 0.3) is 0 Å². The molecule has 1 aromatic carbocycles. The maximum absolute atomic E-state index is 10.9. The molecule has 0 amide bonds. The second-order valence-electron chi connectivity index (χ2n) is 2.97. The fourth-order valence-electron chi connectivity index (χ4n) is 0.815. The number of hydrogen-bond acceptors (Lipinski definition) is 1. The zero-order valence-electron chi connectivity index (χ0n) is 7.87. The standard InChI is InChI=1S/C12H12O/c1-10(11(2)13)8-9-12-6-4-3-5-7-12/h3-7,10H,1-2H3. The molecule has 0 aromatic heterocycles. The fourth-order valence-corrected chi connectivity index (χ4v) is 0.815. The molecular weight excluding hydrogens is 160 g/mol. The zero-order valence-corrected chi connectivity index (χ0v) is 7.87. The molecule has 0 aliphatic carbocycles. The molecule has 0 saturated heterocycles. The second kappa shape index (κ2) is 4.47. The molecular formula is C12H12O. The third kappa shape index (κ3) is 3.13. The minimum Gasteiger partial charge on any atom is -0.299 e. The highest BCUT2D eigenvalue weighted by molar-refractivity contribution is 5.80. The Hall–Kier alpha value is -1.55. The van der Waals surface area contributed by atoms with Gasteiger partial charge in [-0.25, -0.2) is 0 Å². The summed E-state index contributed by atoms with van der Waals surface area (Å²) in [5.41, 5.74) is 0.954. The average Bonchev–Trinajstić information content (AvgIpc) is 2.15. The van der Waals surface area contributed by atoms with Crippen LogP contribution in [0, 0.1) is 17.8 Å². The van der Waals surface area contributed by atoms with Crippen LogP contribution in [-0.4, -0.2) is 5.78 Å². The van der Waals surface area contributed by atoms with E-state index in [1.807, 2.05) is 37.3 Å². The van der Waals surface area contributed by atoms with E-state index >= 15 is 0 Å². The smallest absolute Gasteiger partial charge is 0.144 e. The fraction of sp³-hybridized carbons (Fsp3) is 0.250. The van der Waals surface area contributed by atoms with Crippen LogP contribution in [0.5, 0.6) is 0 Å². The van der Waals surface area contributed by atoms with Gasteiger partial charge in [-0.3, -0.25) is 4.79 Å². The first-order valence-electron chi connectivity index (χ1n) is 4.27. The van der Waals surface area contributed by atoms with E-state index in [1.54, 1.807) is 6.92 Å². The predicted octanol–water partition coefficient (Wildman–Crippen LogP) is 2.26. The summed E-state index contributed by atoms with van der Waals surface area (Å²) >= 11 is 0. The van der Waals surface area contributed by atoms with Crippen molar-refractivity contribution in [2.75, 3.05) is 0 Å². The average molecular weight is 172 g/mol. The van der Waals surface area contributed by atoms with E-state index in [1.165, 1.54) is 0 Å². The molecule has 13 heavy (non-hydrogen) atoms. The van der Waals surface area contributed by atoms with E-state index in [2.05, 4.69) is 11.8 Å². The van der Waals surface area contributed by atoms with Crippen LogP contribution in [0.3, 0.4) is 0 Å². The Bertz CT molecular complexity index is 340. The van der Waals surface area contributed by atoms with Gasteiger partial charge in [0.05, 0.1) is 5.92 Å². The molecule has 1 atom stereocenters. The molecule has 0 N–H and O–H groups in total. The van der Waals surface area contributed by atoms with Gasteiger partial charge in [-0.2, -0.15) is 0 Å². The molecule has 0 aliphatic heterocycles. The first-order valence-corrected chi connectivity index (χ1v) is 4.27. The van der Waals surface area contributed by atoms with Crippen molar-refractivity contribution in [1.29, 1.82) is 0 Å². The van der Waals surface area contributed by atoms with Crippen LogP contribution in [0.2, 0.25) is 0 Å². The lowest BCUT2D eigenvalue weighted by atomic mass is 10.1. The Morgan fingerprint density at radius 1 is 1.31 bits per heavy atom. The molecule has 1 nitrogen and oxygen atoms in total. The maximum atomic E-state index is 10.9. The van der Waals surface area contributed by atoms with Crippen molar-refractivity contribution >= 4 is 5.78 Å². The molecule has 0 heterocycles. The van der Waals surface area contributed by atoms with E-state index in [9.17, 15) is 4.79 Å². The first kappa shape index (κ1) is 9.54. The Labute approximate surface area is 78.8 Å². The molecule has 0 aliphatic rings. The molecule has 0 radical (unpaired) electrons. The van der Waals surface area contributed by atoms with Crippen molar-refractivity contribution in [3.8, 4) is 11.8 Å². The van der Waals surface area contributed by atoms with Gasteiger partial charge >= 0.3 is 0 Å². The van der Waals surface area contributed by atoms with Gasteiger partial charge in [0.1, 0.15) is 5.78 Å². The number of carbonyl (C=O) groups is 1. The number of hydrogen-bond donors (Lipinski definition) is 0. The monoisotopic (exact) mass is 172 g/mol. The van der Waals surface area contributed by atoms with Crippen molar-refractivity contribution in [2.45, 2.75) is 13.8 Å². The van der Waals surface area contributed by atoms with Gasteiger partial charge in [-0.15, -0.1) is 0 Å². The van der Waals surface area contributed by atoms with Crippen LogP contribution in [-0.2, 0) is 4.79 Å². The summed E-state index contributed by atoms with van der Waals surface area (Å²) in [7, 11) is 0. The molecule has 1 unspecified atom stereocenters. The second-order valence-corrected chi connectivity index (χ2v) is 2.97. The Morgan fingerprint density at radius 2 is 1.92 bits per heavy atom. The quantitative estimate of drug-likeness (QED) is 0.594. The third-order valence-corrected chi connectivity index (χ3v) is 1.82. The van der Waals surface area contributed by atoms with Crippen molar-refractivity contribution in [1.82, 2.24) is 0 Å². The lowest BCUT2D eigenvalue weighted by molar-refractivity contribution is -0.118. The largest absolute Gasteiger partial charge is 0.299 e. The lowest BCUT2D eigenvalue weighted by Gasteiger charge is -1.94. The highest BCUT2D eigenvalue weighted by Crippen LogP contribution is 1.98. The highest BCUT2D eigenvalue weighted by Gasteiger charge is 2.00. The van der Waals surface area contributed by atoms with Crippen molar-refractivity contribution in [3.63, 3.8) is 0 Å². The summed E-state index contributed by atoms with van der Waals surface area (Å²) in [5, 5.41) is 0. The van der Waals surface area contributed by atoms with Crippen LogP contribution in [0.4, 0.5) is 0 Å².